The van der Waals surface area contributed by atoms with Crippen molar-refractivity contribution in [2.24, 2.45) is 41.4 Å². The lowest BCUT2D eigenvalue weighted by molar-refractivity contribution is -0.149. The first-order valence-electron chi connectivity index (χ1n) is 9.07. The van der Waals surface area contributed by atoms with Crippen molar-refractivity contribution in [2.45, 2.75) is 57.9 Å². The zero-order valence-electron chi connectivity index (χ0n) is 13.3. The van der Waals surface area contributed by atoms with Gasteiger partial charge in [-0.1, -0.05) is 6.42 Å². The van der Waals surface area contributed by atoms with Gasteiger partial charge in [0, 0.05) is 6.04 Å². The number of carbonyl (C=O) groups excluding carboxylic acids is 1. The molecule has 4 bridgehead atoms. The summed E-state index contributed by atoms with van der Waals surface area (Å²) in [4.78, 5) is 24.3. The first kappa shape index (κ1) is 14.5. The maximum absolute atomic E-state index is 12.7. The second-order valence-corrected chi connectivity index (χ2v) is 8.36. The average Bonchev–Trinajstić information content (AvgIpc) is 3.24. The molecule has 0 radical (unpaired) electrons. The van der Waals surface area contributed by atoms with Crippen LogP contribution in [0.4, 0.5) is 0 Å². The molecule has 4 rings (SSSR count). The monoisotopic (exact) mass is 305 g/mol. The Morgan fingerprint density at radius 3 is 2.23 bits per heavy atom. The van der Waals surface area contributed by atoms with Gasteiger partial charge < -0.3 is 10.4 Å². The molecule has 4 heteroatoms. The predicted octanol–water partition coefficient (Wildman–Crippen LogP) is 2.67. The smallest absolute Gasteiger partial charge is 0.307 e. The molecular formula is C18H27NO3. The van der Waals surface area contributed by atoms with Gasteiger partial charge >= 0.3 is 5.97 Å². The van der Waals surface area contributed by atoms with E-state index in [0.29, 0.717) is 11.8 Å². The van der Waals surface area contributed by atoms with Gasteiger partial charge in [-0.05, 0) is 75.0 Å². The lowest BCUT2D eigenvalue weighted by atomic mass is 9.78. The summed E-state index contributed by atoms with van der Waals surface area (Å²) < 4.78 is 0. The quantitative estimate of drug-likeness (QED) is 0.839. The van der Waals surface area contributed by atoms with E-state index in [1.54, 1.807) is 0 Å². The summed E-state index contributed by atoms with van der Waals surface area (Å²) in [5, 5.41) is 12.7. The van der Waals surface area contributed by atoms with Gasteiger partial charge in [0.15, 0.2) is 0 Å². The van der Waals surface area contributed by atoms with Crippen LogP contribution in [-0.2, 0) is 9.59 Å². The number of fused-ring (bicyclic) bond motifs is 4. The number of hydrogen-bond acceptors (Lipinski definition) is 2. The third-order valence-electron chi connectivity index (χ3n) is 7.31. The summed E-state index contributed by atoms with van der Waals surface area (Å²) in [6.45, 7) is 2.13. The fourth-order valence-electron chi connectivity index (χ4n) is 6.36. The number of amides is 1. The molecule has 0 aromatic carbocycles. The van der Waals surface area contributed by atoms with Crippen molar-refractivity contribution in [1.82, 2.24) is 5.32 Å². The molecule has 122 valence electrons. The van der Waals surface area contributed by atoms with Gasteiger partial charge in [0.25, 0.3) is 0 Å². The van der Waals surface area contributed by atoms with E-state index in [4.69, 9.17) is 0 Å². The highest BCUT2D eigenvalue weighted by Gasteiger charge is 2.54. The molecule has 4 nitrogen and oxygen atoms in total. The Kier molecular flexibility index (Phi) is 3.46. The van der Waals surface area contributed by atoms with E-state index in [-0.39, 0.29) is 23.8 Å². The molecule has 4 aliphatic carbocycles. The third-order valence-corrected chi connectivity index (χ3v) is 7.31. The first-order valence-corrected chi connectivity index (χ1v) is 9.07. The molecule has 4 fully saturated rings. The molecule has 4 saturated carbocycles. The molecule has 2 N–H and O–H groups in total. The minimum atomic E-state index is -0.764. The Bertz CT molecular complexity index is 491. The second-order valence-electron chi connectivity index (χ2n) is 8.36. The number of rotatable bonds is 4. The fourth-order valence-corrected chi connectivity index (χ4v) is 6.36. The van der Waals surface area contributed by atoms with E-state index >= 15 is 0 Å². The predicted molar refractivity (Wildman–Crippen MR) is 82.0 cm³/mol. The summed E-state index contributed by atoms with van der Waals surface area (Å²) in [6, 6.07) is 0.205. The van der Waals surface area contributed by atoms with Gasteiger partial charge in [0.2, 0.25) is 5.91 Å². The van der Waals surface area contributed by atoms with Crippen LogP contribution in [0, 0.1) is 41.4 Å². The maximum Gasteiger partial charge on any atom is 0.307 e. The van der Waals surface area contributed by atoms with Crippen LogP contribution in [0.2, 0.25) is 0 Å². The minimum absolute atomic E-state index is 0.0230. The highest BCUT2D eigenvalue weighted by molar-refractivity contribution is 5.86. The van der Waals surface area contributed by atoms with Crippen LogP contribution in [0.25, 0.3) is 0 Å². The van der Waals surface area contributed by atoms with Crippen LogP contribution in [-0.4, -0.2) is 23.0 Å². The van der Waals surface area contributed by atoms with Crippen molar-refractivity contribution in [3.8, 4) is 0 Å². The Labute approximate surface area is 132 Å². The van der Waals surface area contributed by atoms with E-state index in [0.717, 1.165) is 31.1 Å². The van der Waals surface area contributed by atoms with Gasteiger partial charge in [-0.15, -0.1) is 0 Å². The summed E-state index contributed by atoms with van der Waals surface area (Å²) in [6.07, 6.45) is 8.26. The summed E-state index contributed by atoms with van der Waals surface area (Å²) in [5.41, 5.74) is 0. The minimum Gasteiger partial charge on any atom is -0.481 e. The van der Waals surface area contributed by atoms with Crippen LogP contribution in [0.3, 0.4) is 0 Å². The number of aliphatic carboxylic acids is 1. The van der Waals surface area contributed by atoms with Crippen molar-refractivity contribution in [1.29, 1.82) is 0 Å². The molecule has 0 heterocycles. The Morgan fingerprint density at radius 2 is 1.64 bits per heavy atom. The molecular weight excluding hydrogens is 278 g/mol. The van der Waals surface area contributed by atoms with E-state index in [2.05, 4.69) is 12.2 Å². The lowest BCUT2D eigenvalue weighted by Gasteiger charge is -2.32. The van der Waals surface area contributed by atoms with Crippen LogP contribution in [0.15, 0.2) is 0 Å². The molecule has 22 heavy (non-hydrogen) atoms. The second kappa shape index (κ2) is 5.24. The summed E-state index contributed by atoms with van der Waals surface area (Å²) in [5.74, 6) is 1.36. The zero-order valence-corrected chi connectivity index (χ0v) is 13.3. The molecule has 0 aliphatic heterocycles. The van der Waals surface area contributed by atoms with Crippen LogP contribution in [0.1, 0.15) is 51.9 Å². The van der Waals surface area contributed by atoms with Crippen molar-refractivity contribution in [3.63, 3.8) is 0 Å². The van der Waals surface area contributed by atoms with Gasteiger partial charge in [-0.25, -0.2) is 0 Å². The van der Waals surface area contributed by atoms with Crippen LogP contribution in [0.5, 0.6) is 0 Å². The first-order chi connectivity index (χ1) is 10.5. The number of carboxylic acids is 1. The van der Waals surface area contributed by atoms with Gasteiger partial charge in [0.1, 0.15) is 0 Å². The molecule has 0 aromatic heterocycles. The summed E-state index contributed by atoms with van der Waals surface area (Å²) in [7, 11) is 0. The number of nitrogens with one attached hydrogen (secondary N) is 1. The van der Waals surface area contributed by atoms with Crippen molar-refractivity contribution in [3.05, 3.63) is 0 Å². The topological polar surface area (TPSA) is 66.4 Å². The number of hydrogen-bond donors (Lipinski definition) is 2. The normalized spacial score (nSPS) is 46.9. The molecule has 0 unspecified atom stereocenters. The van der Waals surface area contributed by atoms with Gasteiger partial charge in [-0.3, -0.25) is 9.59 Å². The Morgan fingerprint density at radius 1 is 0.955 bits per heavy atom. The largest absolute Gasteiger partial charge is 0.481 e. The van der Waals surface area contributed by atoms with Crippen molar-refractivity contribution >= 4 is 11.9 Å². The van der Waals surface area contributed by atoms with E-state index < -0.39 is 11.9 Å². The summed E-state index contributed by atoms with van der Waals surface area (Å²) >= 11 is 0. The molecule has 1 amide bonds. The van der Waals surface area contributed by atoms with E-state index in [1.807, 2.05) is 0 Å². The highest BCUT2D eigenvalue weighted by atomic mass is 16.4. The van der Waals surface area contributed by atoms with Crippen molar-refractivity contribution < 1.29 is 14.7 Å². The molecule has 0 saturated heterocycles. The molecule has 0 aromatic rings. The van der Waals surface area contributed by atoms with E-state index in [1.165, 1.54) is 25.7 Å². The van der Waals surface area contributed by atoms with E-state index in [9.17, 15) is 14.7 Å². The molecule has 0 spiro atoms. The number of carbonyl (C=O) groups is 2. The average molecular weight is 305 g/mol. The molecule has 4 aliphatic rings. The SMILES string of the molecule is C[C@H](NC(=O)[C@@H]1[C@H]2CC[C@@H](C2)[C@H]1C(=O)O)[C@H]1C[C@H]2CC[C@H]1C2. The third kappa shape index (κ3) is 2.17. The van der Waals surface area contributed by atoms with Crippen LogP contribution >= 0.6 is 0 Å². The van der Waals surface area contributed by atoms with Gasteiger partial charge in [0.05, 0.1) is 11.8 Å². The van der Waals surface area contributed by atoms with Crippen LogP contribution < -0.4 is 5.32 Å². The van der Waals surface area contributed by atoms with Gasteiger partial charge in [-0.2, -0.15) is 0 Å². The standard InChI is InChI=1S/C18H27NO3/c1-9(14-7-10-2-3-11(14)6-10)19-17(20)15-12-4-5-13(8-12)16(15)18(21)22/h9-16H,2-8H2,1H3,(H,19,20)(H,21,22)/t9-,10-,11-,12-,13-,14+,15+,16+/m0/s1. The van der Waals surface area contributed by atoms with Crippen molar-refractivity contribution in [2.75, 3.05) is 0 Å². The number of carboxylic acid groups (broad SMARTS) is 1. The Balaban J connectivity index is 1.42. The fraction of sp³-hybridized carbons (Fsp3) is 0.889. The lowest BCUT2D eigenvalue weighted by Crippen LogP contribution is -2.47. The maximum atomic E-state index is 12.7. The zero-order chi connectivity index (χ0) is 15.4. The Hall–Kier alpha value is -1.06. The molecule has 8 atom stereocenters. The highest BCUT2D eigenvalue weighted by Crippen LogP contribution is 2.53.